The van der Waals surface area contributed by atoms with Crippen molar-refractivity contribution in [2.45, 2.75) is 13.0 Å². The molecule has 0 fully saturated rings. The van der Waals surface area contributed by atoms with E-state index in [1.165, 1.54) is 16.8 Å². The number of benzene rings is 2. The van der Waals surface area contributed by atoms with Gasteiger partial charge in [-0.3, -0.25) is 4.79 Å². The van der Waals surface area contributed by atoms with E-state index in [9.17, 15) is 9.18 Å². The molecule has 1 atom stereocenters. The van der Waals surface area contributed by atoms with E-state index in [4.69, 9.17) is 4.74 Å². The highest BCUT2D eigenvalue weighted by Gasteiger charge is 2.24. The zero-order valence-corrected chi connectivity index (χ0v) is 17.3. The summed E-state index contributed by atoms with van der Waals surface area (Å²) in [5.41, 5.74) is 1.41. The molecule has 31 heavy (non-hydrogen) atoms. The molecule has 8 nitrogen and oxygen atoms in total. The summed E-state index contributed by atoms with van der Waals surface area (Å²) in [6, 6.07) is 12.7. The molecule has 4 rings (SSSR count). The molecule has 2 heterocycles. The number of methoxy groups -OCH3 is 1. The molecular weight excluding hydrogens is 399 g/mol. The first-order valence-electron chi connectivity index (χ1n) is 9.58. The van der Waals surface area contributed by atoms with Gasteiger partial charge < -0.3 is 14.6 Å². The number of carbonyl (C=O) groups excluding carboxylic acids is 1. The van der Waals surface area contributed by atoms with Crippen LogP contribution >= 0.6 is 0 Å². The van der Waals surface area contributed by atoms with Gasteiger partial charge in [-0.2, -0.15) is 0 Å². The summed E-state index contributed by atoms with van der Waals surface area (Å²) in [5, 5.41) is 7.28. The number of rotatable bonds is 6. The lowest BCUT2D eigenvalue weighted by Gasteiger charge is -2.19. The van der Waals surface area contributed by atoms with E-state index < -0.39 is 11.9 Å². The van der Waals surface area contributed by atoms with Gasteiger partial charge in [0.25, 0.3) is 5.91 Å². The molecule has 0 saturated heterocycles. The Hall–Kier alpha value is -4.01. The van der Waals surface area contributed by atoms with Crippen LogP contribution in [0.3, 0.4) is 0 Å². The van der Waals surface area contributed by atoms with Crippen LogP contribution in [-0.2, 0) is 7.05 Å². The smallest absolute Gasteiger partial charge is 0.291 e. The molecule has 0 aliphatic carbocycles. The Labute approximate surface area is 178 Å². The molecular formula is C22H21FN6O2. The van der Waals surface area contributed by atoms with Crippen molar-refractivity contribution in [2.75, 3.05) is 7.11 Å². The van der Waals surface area contributed by atoms with Crippen LogP contribution in [0.4, 0.5) is 4.39 Å². The number of aryl methyl sites for hydroxylation is 2. The second kappa shape index (κ2) is 8.39. The molecule has 0 spiro atoms. The van der Waals surface area contributed by atoms with E-state index in [-0.39, 0.29) is 11.6 Å². The number of aromatic nitrogens is 5. The van der Waals surface area contributed by atoms with Gasteiger partial charge in [0.2, 0.25) is 5.82 Å². The third-order valence-corrected chi connectivity index (χ3v) is 4.86. The maximum atomic E-state index is 13.2. The molecule has 1 unspecified atom stereocenters. The standard InChI is InChI=1S/C22H21FN6O2/c1-14-25-20(27-29(14)17-9-7-16(23)8-10-17)22(30)26-19(21-24-11-12-28(21)2)15-5-4-6-18(13-15)31-3/h4-13,19H,1-3H3,(H,26,30). The Morgan fingerprint density at radius 2 is 1.97 bits per heavy atom. The number of hydrogen-bond donors (Lipinski definition) is 1. The minimum atomic E-state index is -0.541. The number of amides is 1. The van der Waals surface area contributed by atoms with Crippen LogP contribution < -0.4 is 10.1 Å². The maximum absolute atomic E-state index is 13.2. The lowest BCUT2D eigenvalue weighted by molar-refractivity contribution is 0.0930. The van der Waals surface area contributed by atoms with Crippen molar-refractivity contribution in [3.05, 3.63) is 89.8 Å². The summed E-state index contributed by atoms with van der Waals surface area (Å²) in [6.07, 6.45) is 3.47. The van der Waals surface area contributed by atoms with Gasteiger partial charge in [0.1, 0.15) is 29.3 Å². The molecule has 158 valence electrons. The second-order valence-electron chi connectivity index (χ2n) is 6.95. The molecule has 1 amide bonds. The van der Waals surface area contributed by atoms with Gasteiger partial charge in [-0.15, -0.1) is 5.10 Å². The monoisotopic (exact) mass is 420 g/mol. The largest absolute Gasteiger partial charge is 0.497 e. The normalized spacial score (nSPS) is 11.9. The van der Waals surface area contributed by atoms with Crippen LogP contribution in [0.25, 0.3) is 5.69 Å². The average Bonchev–Trinajstić information content (AvgIpc) is 3.38. The molecule has 9 heteroatoms. The summed E-state index contributed by atoms with van der Waals surface area (Å²) in [5.74, 6) is 1.02. The Morgan fingerprint density at radius 3 is 2.65 bits per heavy atom. The summed E-state index contributed by atoms with van der Waals surface area (Å²) in [4.78, 5) is 21.7. The quantitative estimate of drug-likeness (QED) is 0.518. The minimum Gasteiger partial charge on any atom is -0.497 e. The number of carbonyl (C=O) groups is 1. The zero-order valence-electron chi connectivity index (χ0n) is 17.3. The van der Waals surface area contributed by atoms with Crippen molar-refractivity contribution in [2.24, 2.45) is 7.05 Å². The third-order valence-electron chi connectivity index (χ3n) is 4.86. The molecule has 0 radical (unpaired) electrons. The van der Waals surface area contributed by atoms with Gasteiger partial charge in [-0.25, -0.2) is 19.0 Å². The number of nitrogens with one attached hydrogen (secondary N) is 1. The molecule has 2 aromatic carbocycles. The molecule has 2 aromatic heterocycles. The number of imidazole rings is 1. The average molecular weight is 420 g/mol. The van der Waals surface area contributed by atoms with Crippen molar-refractivity contribution in [3.8, 4) is 11.4 Å². The lowest BCUT2D eigenvalue weighted by Crippen LogP contribution is -2.32. The van der Waals surface area contributed by atoms with E-state index in [0.29, 0.717) is 23.1 Å². The van der Waals surface area contributed by atoms with Gasteiger partial charge in [0.05, 0.1) is 12.8 Å². The fourth-order valence-corrected chi connectivity index (χ4v) is 3.28. The van der Waals surface area contributed by atoms with Gasteiger partial charge in [0.15, 0.2) is 0 Å². The number of ether oxygens (including phenoxy) is 1. The van der Waals surface area contributed by atoms with Crippen molar-refractivity contribution in [3.63, 3.8) is 0 Å². The van der Waals surface area contributed by atoms with Crippen LogP contribution in [0, 0.1) is 12.7 Å². The molecule has 0 aliphatic heterocycles. The number of halogens is 1. The summed E-state index contributed by atoms with van der Waals surface area (Å²) < 4.78 is 21.9. The van der Waals surface area contributed by atoms with Crippen molar-refractivity contribution in [1.82, 2.24) is 29.6 Å². The highest BCUT2D eigenvalue weighted by Crippen LogP contribution is 2.24. The first kappa shape index (κ1) is 20.3. The van der Waals surface area contributed by atoms with Crippen molar-refractivity contribution < 1.29 is 13.9 Å². The van der Waals surface area contributed by atoms with E-state index in [1.807, 2.05) is 35.9 Å². The van der Waals surface area contributed by atoms with Gasteiger partial charge in [-0.05, 0) is 48.9 Å². The lowest BCUT2D eigenvalue weighted by atomic mass is 10.1. The first-order valence-corrected chi connectivity index (χ1v) is 9.58. The van der Waals surface area contributed by atoms with Gasteiger partial charge >= 0.3 is 0 Å². The highest BCUT2D eigenvalue weighted by atomic mass is 19.1. The molecule has 1 N–H and O–H groups in total. The maximum Gasteiger partial charge on any atom is 0.291 e. The summed E-state index contributed by atoms with van der Waals surface area (Å²) in [7, 11) is 3.44. The van der Waals surface area contributed by atoms with Crippen LogP contribution in [0.5, 0.6) is 5.75 Å². The Morgan fingerprint density at radius 1 is 1.19 bits per heavy atom. The van der Waals surface area contributed by atoms with Crippen molar-refractivity contribution in [1.29, 1.82) is 0 Å². The van der Waals surface area contributed by atoms with Gasteiger partial charge in [0, 0.05) is 19.4 Å². The summed E-state index contributed by atoms with van der Waals surface area (Å²) in [6.45, 7) is 1.73. The van der Waals surface area contributed by atoms with Crippen LogP contribution in [-0.4, -0.2) is 37.3 Å². The van der Waals surface area contributed by atoms with E-state index in [0.717, 1.165) is 5.56 Å². The fraction of sp³-hybridized carbons (Fsp3) is 0.182. The van der Waals surface area contributed by atoms with Gasteiger partial charge in [-0.1, -0.05) is 12.1 Å². The fourth-order valence-electron chi connectivity index (χ4n) is 3.28. The third kappa shape index (κ3) is 4.16. The molecule has 0 saturated carbocycles. The number of nitrogens with zero attached hydrogens (tertiary/aromatic N) is 5. The van der Waals surface area contributed by atoms with Crippen molar-refractivity contribution >= 4 is 5.91 Å². The Kier molecular flexibility index (Phi) is 5.48. The topological polar surface area (TPSA) is 86.9 Å². The predicted molar refractivity (Wildman–Crippen MR) is 112 cm³/mol. The molecule has 0 aliphatic rings. The molecule has 4 aromatic rings. The van der Waals surface area contributed by atoms with Crippen LogP contribution in [0.15, 0.2) is 60.9 Å². The zero-order chi connectivity index (χ0) is 22.0. The van der Waals surface area contributed by atoms with E-state index >= 15 is 0 Å². The van der Waals surface area contributed by atoms with Crippen LogP contribution in [0.1, 0.15) is 33.9 Å². The SMILES string of the molecule is COc1cccc(C(NC(=O)c2nc(C)n(-c3ccc(F)cc3)n2)c2nccn2C)c1. The Bertz CT molecular complexity index is 1210. The van der Waals surface area contributed by atoms with E-state index in [1.54, 1.807) is 38.6 Å². The second-order valence-corrected chi connectivity index (χ2v) is 6.95. The predicted octanol–water partition coefficient (Wildman–Crippen LogP) is 2.98. The highest BCUT2D eigenvalue weighted by molar-refractivity contribution is 5.91. The summed E-state index contributed by atoms with van der Waals surface area (Å²) >= 11 is 0. The van der Waals surface area contributed by atoms with Crippen LogP contribution in [0.2, 0.25) is 0 Å². The molecule has 0 bridgehead atoms. The first-order chi connectivity index (χ1) is 15.0. The minimum absolute atomic E-state index is 0.00364. The number of hydrogen-bond acceptors (Lipinski definition) is 5. The van der Waals surface area contributed by atoms with E-state index in [2.05, 4.69) is 20.4 Å². The Balaban J connectivity index is 1.66.